The molecule has 0 radical (unpaired) electrons. The maximum atomic E-state index is 5.97. The number of fused-ring (bicyclic) bond motifs is 1. The first kappa shape index (κ1) is 11.0. The van der Waals surface area contributed by atoms with Gasteiger partial charge in [-0.15, -0.1) is 0 Å². The van der Waals surface area contributed by atoms with Crippen molar-refractivity contribution in [2.45, 2.75) is 40.5 Å². The molecule has 0 aromatic carbocycles. The number of nitrogen functional groups attached to an aromatic ring is 1. The third-order valence-electron chi connectivity index (χ3n) is 3.10. The summed E-state index contributed by atoms with van der Waals surface area (Å²) >= 11 is 0. The van der Waals surface area contributed by atoms with Crippen LogP contribution < -0.4 is 5.73 Å². The van der Waals surface area contributed by atoms with Crippen LogP contribution in [-0.4, -0.2) is 4.98 Å². The fourth-order valence-corrected chi connectivity index (χ4v) is 2.15. The van der Waals surface area contributed by atoms with Crippen molar-refractivity contribution in [1.82, 2.24) is 4.98 Å². The molecule has 0 saturated heterocycles. The molecule has 3 nitrogen and oxygen atoms in total. The number of aryl methyl sites for hydroxylation is 3. The number of nitrogens with zero attached hydrogens (tertiary/aromatic N) is 1. The smallest absolute Gasteiger partial charge is 0.135 e. The fourth-order valence-electron chi connectivity index (χ4n) is 2.15. The minimum atomic E-state index is 0.357. The average Bonchev–Trinajstić information content (AvgIpc) is 2.53. The Morgan fingerprint density at radius 1 is 1.12 bits per heavy atom. The Balaban J connectivity index is 2.97. The van der Waals surface area contributed by atoms with Crippen molar-refractivity contribution >= 4 is 16.6 Å². The molecule has 2 heterocycles. The number of furan rings is 1. The molecule has 0 amide bonds. The van der Waals surface area contributed by atoms with E-state index in [2.05, 4.69) is 25.8 Å². The number of pyridine rings is 1. The molecule has 3 heteroatoms. The number of hydrogen-bond donors (Lipinski definition) is 1. The van der Waals surface area contributed by atoms with Gasteiger partial charge in [0.15, 0.2) is 0 Å². The van der Waals surface area contributed by atoms with Gasteiger partial charge in [0.05, 0.1) is 5.39 Å². The minimum absolute atomic E-state index is 0.357. The lowest BCUT2D eigenvalue weighted by Gasteiger charge is -2.07. The summed E-state index contributed by atoms with van der Waals surface area (Å²) in [7, 11) is 0. The van der Waals surface area contributed by atoms with Crippen LogP contribution in [0.2, 0.25) is 0 Å². The number of anilines is 1. The predicted molar refractivity (Wildman–Crippen MR) is 66.7 cm³/mol. The van der Waals surface area contributed by atoms with Crippen LogP contribution in [0.15, 0.2) is 4.42 Å². The summed E-state index contributed by atoms with van der Waals surface area (Å²) in [5, 5.41) is 2.13. The molecule has 0 unspecified atom stereocenters. The zero-order chi connectivity index (χ0) is 12.0. The van der Waals surface area contributed by atoms with E-state index in [1.165, 1.54) is 5.56 Å². The summed E-state index contributed by atoms with van der Waals surface area (Å²) in [5.74, 6) is 2.82. The Kier molecular flexibility index (Phi) is 2.41. The van der Waals surface area contributed by atoms with Crippen LogP contribution in [0, 0.1) is 20.8 Å². The topological polar surface area (TPSA) is 52.0 Å². The van der Waals surface area contributed by atoms with E-state index in [0.717, 1.165) is 28.0 Å². The van der Waals surface area contributed by atoms with Crippen molar-refractivity contribution in [3.05, 3.63) is 22.8 Å². The van der Waals surface area contributed by atoms with Crippen LogP contribution >= 0.6 is 0 Å². The lowest BCUT2D eigenvalue weighted by molar-refractivity contribution is 0.469. The average molecular weight is 218 g/mol. The highest BCUT2D eigenvalue weighted by Gasteiger charge is 2.19. The van der Waals surface area contributed by atoms with E-state index in [1.807, 2.05) is 13.8 Å². The van der Waals surface area contributed by atoms with Crippen molar-refractivity contribution in [2.75, 3.05) is 5.73 Å². The minimum Gasteiger partial charge on any atom is -0.465 e. The Bertz CT molecular complexity index is 553. The third kappa shape index (κ3) is 1.39. The number of aromatic nitrogens is 1. The molecule has 0 spiro atoms. The fraction of sp³-hybridized carbons (Fsp3) is 0.462. The first-order valence-electron chi connectivity index (χ1n) is 5.59. The van der Waals surface area contributed by atoms with Crippen LogP contribution in [0.25, 0.3) is 10.8 Å². The van der Waals surface area contributed by atoms with Gasteiger partial charge in [-0.3, -0.25) is 0 Å². The number of rotatable bonds is 1. The second-order valence-corrected chi connectivity index (χ2v) is 4.63. The van der Waals surface area contributed by atoms with E-state index in [4.69, 9.17) is 10.2 Å². The van der Waals surface area contributed by atoms with E-state index in [0.29, 0.717) is 11.7 Å². The maximum absolute atomic E-state index is 5.97. The highest BCUT2D eigenvalue weighted by atomic mass is 16.3. The lowest BCUT2D eigenvalue weighted by Crippen LogP contribution is -1.97. The molecular formula is C13H18N2O. The Morgan fingerprint density at radius 2 is 1.75 bits per heavy atom. The van der Waals surface area contributed by atoms with Crippen LogP contribution in [0.3, 0.4) is 0 Å². The Hall–Kier alpha value is -1.51. The van der Waals surface area contributed by atoms with Crippen molar-refractivity contribution in [3.63, 3.8) is 0 Å². The molecule has 0 aliphatic rings. The highest BCUT2D eigenvalue weighted by molar-refractivity contribution is 5.97. The molecule has 2 aromatic heterocycles. The monoisotopic (exact) mass is 218 g/mol. The maximum Gasteiger partial charge on any atom is 0.135 e. The van der Waals surface area contributed by atoms with E-state index >= 15 is 0 Å². The molecule has 86 valence electrons. The van der Waals surface area contributed by atoms with Gasteiger partial charge in [0.25, 0.3) is 0 Å². The van der Waals surface area contributed by atoms with Crippen LogP contribution in [-0.2, 0) is 0 Å². The molecule has 0 fully saturated rings. The van der Waals surface area contributed by atoms with Gasteiger partial charge in [-0.1, -0.05) is 13.8 Å². The van der Waals surface area contributed by atoms with E-state index in [-0.39, 0.29) is 0 Å². The van der Waals surface area contributed by atoms with Crippen LogP contribution in [0.5, 0.6) is 0 Å². The standard InChI is InChI=1S/C13H18N2O/c1-6(2)12-10-7(3)8(4)15-13(14)11(10)9(5)16-12/h6H,1-5H3,(H2,14,15). The molecule has 0 bridgehead atoms. The summed E-state index contributed by atoms with van der Waals surface area (Å²) in [6.07, 6.45) is 0. The molecule has 0 saturated carbocycles. The SMILES string of the molecule is Cc1nc(N)c2c(C)oc(C(C)C)c2c1C. The molecule has 0 atom stereocenters. The molecule has 2 rings (SSSR count). The summed E-state index contributed by atoms with van der Waals surface area (Å²) in [6, 6.07) is 0. The zero-order valence-corrected chi connectivity index (χ0v) is 10.5. The molecule has 0 aliphatic heterocycles. The highest BCUT2D eigenvalue weighted by Crippen LogP contribution is 2.36. The van der Waals surface area contributed by atoms with E-state index in [9.17, 15) is 0 Å². The summed E-state index contributed by atoms with van der Waals surface area (Å²) in [4.78, 5) is 4.35. The summed E-state index contributed by atoms with van der Waals surface area (Å²) < 4.78 is 5.82. The van der Waals surface area contributed by atoms with E-state index < -0.39 is 0 Å². The van der Waals surface area contributed by atoms with Gasteiger partial charge < -0.3 is 10.2 Å². The van der Waals surface area contributed by atoms with Gasteiger partial charge in [0, 0.05) is 17.0 Å². The van der Waals surface area contributed by atoms with Gasteiger partial charge in [-0.05, 0) is 26.3 Å². The van der Waals surface area contributed by atoms with Gasteiger partial charge in [-0.2, -0.15) is 0 Å². The molecule has 0 aliphatic carbocycles. The Labute approximate surface area is 95.7 Å². The van der Waals surface area contributed by atoms with Gasteiger partial charge in [-0.25, -0.2) is 4.98 Å². The second-order valence-electron chi connectivity index (χ2n) is 4.63. The predicted octanol–water partition coefficient (Wildman–Crippen LogP) is 3.46. The summed E-state index contributed by atoms with van der Waals surface area (Å²) in [6.45, 7) is 10.3. The van der Waals surface area contributed by atoms with Crippen molar-refractivity contribution in [2.24, 2.45) is 0 Å². The molecular weight excluding hydrogens is 200 g/mol. The second kappa shape index (κ2) is 3.51. The first-order valence-corrected chi connectivity index (χ1v) is 5.59. The quantitative estimate of drug-likeness (QED) is 0.797. The van der Waals surface area contributed by atoms with E-state index in [1.54, 1.807) is 0 Å². The molecule has 2 aromatic rings. The normalized spacial score (nSPS) is 11.6. The largest absolute Gasteiger partial charge is 0.465 e. The third-order valence-corrected chi connectivity index (χ3v) is 3.10. The van der Waals surface area contributed by atoms with Gasteiger partial charge in [0.2, 0.25) is 0 Å². The molecule has 16 heavy (non-hydrogen) atoms. The lowest BCUT2D eigenvalue weighted by atomic mass is 10.0. The van der Waals surface area contributed by atoms with Crippen molar-refractivity contribution < 1.29 is 4.42 Å². The van der Waals surface area contributed by atoms with Crippen LogP contribution in [0.4, 0.5) is 5.82 Å². The van der Waals surface area contributed by atoms with Crippen LogP contribution in [0.1, 0.15) is 42.5 Å². The number of nitrogens with two attached hydrogens (primary N) is 1. The Morgan fingerprint density at radius 3 is 2.31 bits per heavy atom. The summed E-state index contributed by atoms with van der Waals surface area (Å²) in [5.41, 5.74) is 8.12. The van der Waals surface area contributed by atoms with Gasteiger partial charge >= 0.3 is 0 Å². The zero-order valence-electron chi connectivity index (χ0n) is 10.5. The van der Waals surface area contributed by atoms with Crippen molar-refractivity contribution in [1.29, 1.82) is 0 Å². The first-order chi connectivity index (χ1) is 7.43. The number of hydrogen-bond acceptors (Lipinski definition) is 3. The molecule has 2 N–H and O–H groups in total. The van der Waals surface area contributed by atoms with Gasteiger partial charge in [0.1, 0.15) is 17.3 Å². The van der Waals surface area contributed by atoms with Crippen molar-refractivity contribution in [3.8, 4) is 0 Å².